The Balaban J connectivity index is 1.90. The van der Waals surface area contributed by atoms with E-state index in [-0.39, 0.29) is 0 Å². The maximum absolute atomic E-state index is 2.66. The van der Waals surface area contributed by atoms with Gasteiger partial charge in [-0.05, 0) is 38.6 Å². The molecular weight excluding hydrogens is 146 g/mol. The molecule has 0 radical (unpaired) electrons. The second-order valence-corrected chi connectivity index (χ2v) is 4.73. The van der Waals surface area contributed by atoms with Crippen molar-refractivity contribution < 1.29 is 0 Å². The van der Waals surface area contributed by atoms with Crippen molar-refractivity contribution in [2.24, 2.45) is 5.92 Å². The van der Waals surface area contributed by atoms with Crippen LogP contribution in [0.5, 0.6) is 0 Å². The van der Waals surface area contributed by atoms with Crippen molar-refractivity contribution in [1.29, 1.82) is 0 Å². The average Bonchev–Trinajstić information content (AvgIpc) is 2.86. The van der Waals surface area contributed by atoms with E-state index in [9.17, 15) is 0 Å². The van der Waals surface area contributed by atoms with Crippen LogP contribution in [-0.2, 0) is 0 Å². The van der Waals surface area contributed by atoms with Crippen LogP contribution >= 0.6 is 0 Å². The van der Waals surface area contributed by atoms with Gasteiger partial charge in [0.2, 0.25) is 0 Å². The Labute approximate surface area is 76.1 Å². The molecule has 0 heterocycles. The minimum Gasteiger partial charge on any atom is -0.300 e. The van der Waals surface area contributed by atoms with Crippen molar-refractivity contribution >= 4 is 0 Å². The lowest BCUT2D eigenvalue weighted by Crippen LogP contribution is -2.40. The molecule has 2 rings (SSSR count). The summed E-state index contributed by atoms with van der Waals surface area (Å²) in [6.45, 7) is 2.43. The van der Waals surface area contributed by atoms with E-state index in [0.717, 1.165) is 18.0 Å². The van der Waals surface area contributed by atoms with Gasteiger partial charge in [-0.3, -0.25) is 0 Å². The molecule has 2 fully saturated rings. The highest BCUT2D eigenvalue weighted by Gasteiger charge is 2.34. The van der Waals surface area contributed by atoms with E-state index in [0.29, 0.717) is 0 Å². The molecule has 0 bridgehead atoms. The first kappa shape index (κ1) is 8.55. The third-order valence-electron chi connectivity index (χ3n) is 3.71. The third-order valence-corrected chi connectivity index (χ3v) is 3.71. The van der Waals surface area contributed by atoms with Crippen LogP contribution in [0, 0.1) is 5.92 Å². The highest BCUT2D eigenvalue weighted by molar-refractivity contribution is 4.89. The van der Waals surface area contributed by atoms with Gasteiger partial charge in [-0.25, -0.2) is 0 Å². The molecule has 0 N–H and O–H groups in total. The lowest BCUT2D eigenvalue weighted by atomic mass is 9.85. The second-order valence-electron chi connectivity index (χ2n) is 4.73. The molecule has 2 saturated carbocycles. The fourth-order valence-corrected chi connectivity index (χ4v) is 2.65. The fraction of sp³-hybridized carbons (Fsp3) is 1.00. The van der Waals surface area contributed by atoms with Crippen LogP contribution in [0.3, 0.4) is 0 Å². The van der Waals surface area contributed by atoms with E-state index >= 15 is 0 Å². The van der Waals surface area contributed by atoms with Crippen LogP contribution in [0.25, 0.3) is 0 Å². The molecule has 0 saturated heterocycles. The molecule has 12 heavy (non-hydrogen) atoms. The zero-order chi connectivity index (χ0) is 8.55. The van der Waals surface area contributed by atoms with Crippen molar-refractivity contribution in [3.63, 3.8) is 0 Å². The molecule has 1 heteroatoms. The monoisotopic (exact) mass is 167 g/mol. The Kier molecular flexibility index (Phi) is 2.40. The summed E-state index contributed by atoms with van der Waals surface area (Å²) >= 11 is 0. The van der Waals surface area contributed by atoms with E-state index in [4.69, 9.17) is 0 Å². The van der Waals surface area contributed by atoms with Gasteiger partial charge in [-0.2, -0.15) is 0 Å². The van der Waals surface area contributed by atoms with Crippen molar-refractivity contribution in [3.05, 3.63) is 0 Å². The number of rotatable bonds is 2. The summed E-state index contributed by atoms with van der Waals surface area (Å²) in [5.74, 6) is 0.948. The zero-order valence-corrected chi connectivity index (χ0v) is 8.42. The fourth-order valence-electron chi connectivity index (χ4n) is 2.65. The summed E-state index contributed by atoms with van der Waals surface area (Å²) in [7, 11) is 2.34. The van der Waals surface area contributed by atoms with Crippen LogP contribution in [0.4, 0.5) is 0 Å². The third kappa shape index (κ3) is 1.66. The largest absolute Gasteiger partial charge is 0.300 e. The van der Waals surface area contributed by atoms with Crippen molar-refractivity contribution in [2.75, 3.05) is 7.05 Å². The van der Waals surface area contributed by atoms with Gasteiger partial charge in [0.1, 0.15) is 0 Å². The lowest BCUT2D eigenvalue weighted by Gasteiger charge is -2.36. The Morgan fingerprint density at radius 1 is 1.00 bits per heavy atom. The summed E-state index contributed by atoms with van der Waals surface area (Å²) < 4.78 is 0. The molecule has 0 amide bonds. The molecule has 0 spiro atoms. The normalized spacial score (nSPS) is 37.2. The van der Waals surface area contributed by atoms with E-state index < -0.39 is 0 Å². The minimum absolute atomic E-state index is 0.909. The van der Waals surface area contributed by atoms with Crippen LogP contribution in [0.15, 0.2) is 0 Å². The van der Waals surface area contributed by atoms with E-state index in [1.54, 1.807) is 0 Å². The molecule has 0 aliphatic heterocycles. The number of nitrogens with zero attached hydrogens (tertiary/aromatic N) is 1. The SMILES string of the molecule is CC1CCCCC1N(C)C1CC1. The zero-order valence-electron chi connectivity index (χ0n) is 8.42. The number of hydrogen-bond donors (Lipinski definition) is 0. The van der Waals surface area contributed by atoms with E-state index in [2.05, 4.69) is 18.9 Å². The predicted octanol–water partition coefficient (Wildman–Crippen LogP) is 2.66. The van der Waals surface area contributed by atoms with Gasteiger partial charge < -0.3 is 4.90 Å². The molecule has 2 atom stereocenters. The predicted molar refractivity (Wildman–Crippen MR) is 52.2 cm³/mol. The standard InChI is InChI=1S/C11H21N/c1-9-5-3-4-6-11(9)12(2)10-7-8-10/h9-11H,3-8H2,1-2H3. The quantitative estimate of drug-likeness (QED) is 0.611. The minimum atomic E-state index is 0.909. The smallest absolute Gasteiger partial charge is 0.0121 e. The molecule has 0 aromatic carbocycles. The Morgan fingerprint density at radius 2 is 1.67 bits per heavy atom. The van der Waals surface area contributed by atoms with Crippen molar-refractivity contribution in [1.82, 2.24) is 4.90 Å². The van der Waals surface area contributed by atoms with Gasteiger partial charge in [0.15, 0.2) is 0 Å². The van der Waals surface area contributed by atoms with E-state index in [1.165, 1.54) is 38.5 Å². The first-order valence-electron chi connectivity index (χ1n) is 5.51. The molecule has 2 unspecified atom stereocenters. The second kappa shape index (κ2) is 3.37. The average molecular weight is 167 g/mol. The van der Waals surface area contributed by atoms with Crippen LogP contribution in [0.2, 0.25) is 0 Å². The molecule has 0 aromatic rings. The van der Waals surface area contributed by atoms with Crippen LogP contribution < -0.4 is 0 Å². The molecule has 0 aromatic heterocycles. The topological polar surface area (TPSA) is 3.24 Å². The summed E-state index contributed by atoms with van der Waals surface area (Å²) in [4.78, 5) is 2.66. The summed E-state index contributed by atoms with van der Waals surface area (Å²) in [5, 5.41) is 0. The van der Waals surface area contributed by atoms with Gasteiger partial charge in [0.25, 0.3) is 0 Å². The molecule has 2 aliphatic carbocycles. The van der Waals surface area contributed by atoms with Crippen LogP contribution in [0.1, 0.15) is 45.4 Å². The Bertz CT molecular complexity index is 151. The molecular formula is C11H21N. The van der Waals surface area contributed by atoms with Crippen LogP contribution in [-0.4, -0.2) is 24.0 Å². The summed E-state index contributed by atoms with van der Waals surface area (Å²) in [6.07, 6.45) is 8.76. The summed E-state index contributed by atoms with van der Waals surface area (Å²) in [5.41, 5.74) is 0. The Hall–Kier alpha value is -0.0400. The Morgan fingerprint density at radius 3 is 2.25 bits per heavy atom. The van der Waals surface area contributed by atoms with Gasteiger partial charge >= 0.3 is 0 Å². The number of hydrogen-bond acceptors (Lipinski definition) is 1. The first-order chi connectivity index (χ1) is 5.79. The van der Waals surface area contributed by atoms with Gasteiger partial charge in [0, 0.05) is 12.1 Å². The lowest BCUT2D eigenvalue weighted by molar-refractivity contribution is 0.132. The van der Waals surface area contributed by atoms with Gasteiger partial charge in [0.05, 0.1) is 0 Å². The van der Waals surface area contributed by atoms with Crippen molar-refractivity contribution in [2.45, 2.75) is 57.5 Å². The molecule has 70 valence electrons. The molecule has 2 aliphatic rings. The van der Waals surface area contributed by atoms with Crippen molar-refractivity contribution in [3.8, 4) is 0 Å². The van der Waals surface area contributed by atoms with Gasteiger partial charge in [-0.1, -0.05) is 19.8 Å². The highest BCUT2D eigenvalue weighted by Crippen LogP contribution is 2.34. The highest BCUT2D eigenvalue weighted by atomic mass is 15.2. The maximum Gasteiger partial charge on any atom is 0.0121 e. The first-order valence-corrected chi connectivity index (χ1v) is 5.51. The molecule has 1 nitrogen and oxygen atoms in total. The van der Waals surface area contributed by atoms with E-state index in [1.807, 2.05) is 0 Å². The maximum atomic E-state index is 2.66. The summed E-state index contributed by atoms with van der Waals surface area (Å²) in [6, 6.07) is 1.86. The van der Waals surface area contributed by atoms with Gasteiger partial charge in [-0.15, -0.1) is 0 Å².